The first kappa shape index (κ1) is 17.1. The number of carbonyl (C=O) groups is 2. The van der Waals surface area contributed by atoms with E-state index in [0.29, 0.717) is 18.4 Å². The van der Waals surface area contributed by atoms with Gasteiger partial charge in [-0.05, 0) is 41.0 Å². The van der Waals surface area contributed by atoms with E-state index in [-0.39, 0.29) is 18.5 Å². The van der Waals surface area contributed by atoms with E-state index in [1.54, 1.807) is 23.8 Å². The van der Waals surface area contributed by atoms with Gasteiger partial charge in [0.2, 0.25) is 0 Å². The molecule has 1 aromatic heterocycles. The molecular weight excluding hydrogens is 338 g/mol. The highest BCUT2D eigenvalue weighted by molar-refractivity contribution is 7.09. The maximum Gasteiger partial charge on any atom is 0.337 e. The van der Waals surface area contributed by atoms with Crippen LogP contribution in [0.15, 0.2) is 48.1 Å². The van der Waals surface area contributed by atoms with Gasteiger partial charge in [0.15, 0.2) is 0 Å². The van der Waals surface area contributed by atoms with Crippen molar-refractivity contribution in [2.24, 2.45) is 0 Å². The fourth-order valence-corrected chi connectivity index (χ4v) is 3.06. The van der Waals surface area contributed by atoms with Gasteiger partial charge in [0, 0.05) is 11.1 Å². The Labute approximate surface area is 149 Å². The monoisotopic (exact) mass is 355 g/mol. The summed E-state index contributed by atoms with van der Waals surface area (Å²) in [6.45, 7) is 0.208. The molecule has 0 spiro atoms. The van der Waals surface area contributed by atoms with E-state index in [2.05, 4.69) is 4.98 Å². The van der Waals surface area contributed by atoms with Crippen molar-refractivity contribution in [3.05, 3.63) is 64.1 Å². The normalized spacial score (nSPS) is 10.6. The Kier molecular flexibility index (Phi) is 5.40. The highest BCUT2D eigenvalue weighted by atomic mass is 32.1. The van der Waals surface area contributed by atoms with Gasteiger partial charge in [-0.1, -0.05) is 18.2 Å². The van der Waals surface area contributed by atoms with Crippen molar-refractivity contribution >= 4 is 34.0 Å². The molecule has 25 heavy (non-hydrogen) atoms. The van der Waals surface area contributed by atoms with Gasteiger partial charge in [0.05, 0.1) is 24.6 Å². The van der Waals surface area contributed by atoms with Crippen molar-refractivity contribution in [2.45, 2.75) is 19.4 Å². The average molecular weight is 355 g/mol. The Morgan fingerprint density at radius 1 is 1.12 bits per heavy atom. The number of thiazole rings is 1. The number of benzene rings is 2. The largest absolute Gasteiger partial charge is 0.465 e. The van der Waals surface area contributed by atoms with E-state index in [4.69, 9.17) is 9.47 Å². The smallest absolute Gasteiger partial charge is 0.337 e. The minimum atomic E-state index is -0.373. The van der Waals surface area contributed by atoms with E-state index in [0.717, 1.165) is 21.2 Å². The molecule has 3 aromatic rings. The Bertz CT molecular complexity index is 890. The summed E-state index contributed by atoms with van der Waals surface area (Å²) in [5.41, 5.74) is 3.12. The lowest BCUT2D eigenvalue weighted by molar-refractivity contribution is -0.144. The molecule has 1 heterocycles. The highest BCUT2D eigenvalue weighted by Gasteiger charge is 2.08. The van der Waals surface area contributed by atoms with Crippen LogP contribution >= 0.6 is 11.3 Å². The minimum Gasteiger partial charge on any atom is -0.465 e. The van der Waals surface area contributed by atoms with Crippen LogP contribution in [0.4, 0.5) is 0 Å². The Morgan fingerprint density at radius 3 is 2.72 bits per heavy atom. The van der Waals surface area contributed by atoms with Crippen LogP contribution < -0.4 is 0 Å². The van der Waals surface area contributed by atoms with Crippen LogP contribution in [0.3, 0.4) is 0 Å². The molecule has 6 heteroatoms. The van der Waals surface area contributed by atoms with Crippen molar-refractivity contribution in [3.63, 3.8) is 0 Å². The fourth-order valence-electron chi connectivity index (χ4n) is 2.46. The number of ether oxygens (including phenoxy) is 2. The molecular formula is C19H17NO4S. The molecule has 0 amide bonds. The van der Waals surface area contributed by atoms with Crippen LogP contribution in [0, 0.1) is 0 Å². The first-order valence-corrected chi connectivity index (χ1v) is 8.67. The van der Waals surface area contributed by atoms with Gasteiger partial charge in [-0.25, -0.2) is 4.79 Å². The van der Waals surface area contributed by atoms with Gasteiger partial charge < -0.3 is 9.47 Å². The molecule has 2 aromatic carbocycles. The van der Waals surface area contributed by atoms with Crippen molar-refractivity contribution in [1.82, 2.24) is 4.98 Å². The second kappa shape index (κ2) is 7.90. The SMILES string of the molecule is COC(=O)c1ccc2ccc(COC(=O)CCc3cncs3)cc2c1. The molecule has 128 valence electrons. The van der Waals surface area contributed by atoms with Crippen LogP contribution in [0.1, 0.15) is 27.2 Å². The zero-order chi connectivity index (χ0) is 17.6. The third kappa shape index (κ3) is 4.42. The molecule has 0 aliphatic heterocycles. The molecule has 0 fully saturated rings. The zero-order valence-corrected chi connectivity index (χ0v) is 14.5. The fraction of sp³-hybridized carbons (Fsp3) is 0.211. The molecule has 0 aliphatic carbocycles. The standard InChI is InChI=1S/C19H17NO4S/c1-23-19(22)15-5-4-14-3-2-13(8-16(14)9-15)11-24-18(21)7-6-17-10-20-12-25-17/h2-5,8-10,12H,6-7,11H2,1H3. The van der Waals surface area contributed by atoms with Crippen LogP contribution in [0.5, 0.6) is 0 Å². The molecule has 3 rings (SSSR count). The number of rotatable bonds is 6. The summed E-state index contributed by atoms with van der Waals surface area (Å²) < 4.78 is 10.1. The van der Waals surface area contributed by atoms with Crippen molar-refractivity contribution in [2.75, 3.05) is 7.11 Å². The maximum atomic E-state index is 11.9. The van der Waals surface area contributed by atoms with E-state index < -0.39 is 0 Å². The van der Waals surface area contributed by atoms with Gasteiger partial charge in [-0.15, -0.1) is 11.3 Å². The van der Waals surface area contributed by atoms with E-state index >= 15 is 0 Å². The Hall–Kier alpha value is -2.73. The third-order valence-electron chi connectivity index (χ3n) is 3.78. The predicted molar refractivity (Wildman–Crippen MR) is 95.5 cm³/mol. The zero-order valence-electron chi connectivity index (χ0n) is 13.7. The number of fused-ring (bicyclic) bond motifs is 1. The summed E-state index contributed by atoms with van der Waals surface area (Å²) in [4.78, 5) is 28.5. The first-order chi connectivity index (χ1) is 12.2. The maximum absolute atomic E-state index is 11.9. The van der Waals surface area contributed by atoms with Crippen LogP contribution in [-0.2, 0) is 27.3 Å². The van der Waals surface area contributed by atoms with Crippen LogP contribution in [-0.4, -0.2) is 24.0 Å². The van der Waals surface area contributed by atoms with Crippen LogP contribution in [0.2, 0.25) is 0 Å². The average Bonchev–Trinajstić information content (AvgIpc) is 3.17. The molecule has 0 radical (unpaired) electrons. The number of hydrogen-bond acceptors (Lipinski definition) is 6. The van der Waals surface area contributed by atoms with Crippen LogP contribution in [0.25, 0.3) is 10.8 Å². The summed E-state index contributed by atoms with van der Waals surface area (Å²) in [5.74, 6) is -0.612. The summed E-state index contributed by atoms with van der Waals surface area (Å²) in [6.07, 6.45) is 2.74. The number of hydrogen-bond donors (Lipinski definition) is 0. The van der Waals surface area contributed by atoms with Gasteiger partial charge in [0.1, 0.15) is 6.61 Å². The Balaban J connectivity index is 1.62. The van der Waals surface area contributed by atoms with Crippen molar-refractivity contribution in [1.29, 1.82) is 0 Å². The second-order valence-electron chi connectivity index (χ2n) is 5.52. The first-order valence-electron chi connectivity index (χ1n) is 7.80. The predicted octanol–water partition coefficient (Wildman–Crippen LogP) is 3.76. The van der Waals surface area contributed by atoms with E-state index in [1.807, 2.05) is 24.3 Å². The summed E-state index contributed by atoms with van der Waals surface area (Å²) >= 11 is 1.53. The number of aromatic nitrogens is 1. The summed E-state index contributed by atoms with van der Waals surface area (Å²) in [6, 6.07) is 11.1. The van der Waals surface area contributed by atoms with Crippen molar-refractivity contribution in [3.8, 4) is 0 Å². The molecule has 0 aliphatic rings. The van der Waals surface area contributed by atoms with Gasteiger partial charge in [-0.2, -0.15) is 0 Å². The molecule has 0 saturated carbocycles. The molecule has 0 bridgehead atoms. The number of aryl methyl sites for hydroxylation is 1. The molecule has 5 nitrogen and oxygen atoms in total. The van der Waals surface area contributed by atoms with E-state index in [1.165, 1.54) is 18.4 Å². The lowest BCUT2D eigenvalue weighted by atomic mass is 10.0. The number of methoxy groups -OCH3 is 1. The number of carbonyl (C=O) groups excluding carboxylic acids is 2. The topological polar surface area (TPSA) is 65.5 Å². The summed E-state index contributed by atoms with van der Waals surface area (Å²) in [5, 5.41) is 1.91. The van der Waals surface area contributed by atoms with Crippen molar-refractivity contribution < 1.29 is 19.1 Å². The Morgan fingerprint density at radius 2 is 1.96 bits per heavy atom. The summed E-state index contributed by atoms with van der Waals surface area (Å²) in [7, 11) is 1.36. The van der Waals surface area contributed by atoms with Gasteiger partial charge >= 0.3 is 11.9 Å². The number of esters is 2. The van der Waals surface area contributed by atoms with E-state index in [9.17, 15) is 9.59 Å². The lowest BCUT2D eigenvalue weighted by Gasteiger charge is -2.07. The third-order valence-corrected chi connectivity index (χ3v) is 4.62. The number of nitrogens with zero attached hydrogens (tertiary/aromatic N) is 1. The second-order valence-corrected chi connectivity index (χ2v) is 6.49. The molecule has 0 unspecified atom stereocenters. The minimum absolute atomic E-state index is 0.208. The quantitative estimate of drug-likeness (QED) is 0.630. The lowest BCUT2D eigenvalue weighted by Crippen LogP contribution is -2.05. The molecule has 0 atom stereocenters. The van der Waals surface area contributed by atoms with Gasteiger partial charge in [-0.3, -0.25) is 9.78 Å². The van der Waals surface area contributed by atoms with Gasteiger partial charge in [0.25, 0.3) is 0 Å². The highest BCUT2D eigenvalue weighted by Crippen LogP contribution is 2.19. The molecule has 0 N–H and O–H groups in total. The molecule has 0 saturated heterocycles.